The topological polar surface area (TPSA) is 54.5 Å². The molecule has 0 bridgehead atoms. The summed E-state index contributed by atoms with van der Waals surface area (Å²) in [6.07, 6.45) is 3.63. The first-order valence-electron chi connectivity index (χ1n) is 7.46. The zero-order chi connectivity index (χ0) is 17.2. The van der Waals surface area contributed by atoms with Crippen molar-refractivity contribution in [2.24, 2.45) is 0 Å². The Morgan fingerprint density at radius 1 is 1.04 bits per heavy atom. The number of benzene rings is 2. The van der Waals surface area contributed by atoms with Gasteiger partial charge in [-0.05, 0) is 30.5 Å². The van der Waals surface area contributed by atoms with Gasteiger partial charge < -0.3 is 0 Å². The minimum Gasteiger partial charge on any atom is -0.289 e. The van der Waals surface area contributed by atoms with Crippen LogP contribution in [0.1, 0.15) is 10.4 Å². The van der Waals surface area contributed by atoms with Crippen LogP contribution in [-0.4, -0.2) is 37.9 Å². The molecule has 4 nitrogen and oxygen atoms in total. The molecule has 6 heteroatoms. The predicted molar refractivity (Wildman–Crippen MR) is 95.8 cm³/mol. The second kappa shape index (κ2) is 6.93. The van der Waals surface area contributed by atoms with E-state index in [1.807, 2.05) is 24.5 Å². The zero-order valence-electron chi connectivity index (χ0n) is 13.2. The van der Waals surface area contributed by atoms with Gasteiger partial charge in [0, 0.05) is 29.1 Å². The van der Waals surface area contributed by atoms with Gasteiger partial charge in [-0.1, -0.05) is 36.4 Å². The molecule has 0 amide bonds. The number of carbonyl (C=O) groups is 1. The minimum absolute atomic E-state index is 0.106. The van der Waals surface area contributed by atoms with Crippen LogP contribution in [0.2, 0.25) is 0 Å². The second-order valence-corrected chi connectivity index (χ2v) is 8.16. The van der Waals surface area contributed by atoms with Crippen molar-refractivity contribution in [3.63, 3.8) is 0 Å². The van der Waals surface area contributed by atoms with Gasteiger partial charge in [0.05, 0.1) is 4.90 Å². The summed E-state index contributed by atoms with van der Waals surface area (Å²) in [6.45, 7) is 0.332. The summed E-state index contributed by atoms with van der Waals surface area (Å²) in [4.78, 5) is 13.9. The molecule has 0 fully saturated rings. The molecule has 0 aromatic heterocycles. The number of nitrogens with zero attached hydrogens (tertiary/aromatic N) is 1. The Bertz CT molecular complexity index is 889. The van der Waals surface area contributed by atoms with Gasteiger partial charge in [-0.3, -0.25) is 4.79 Å². The van der Waals surface area contributed by atoms with E-state index < -0.39 is 10.0 Å². The summed E-state index contributed by atoms with van der Waals surface area (Å²) >= 11 is 1.51. The van der Waals surface area contributed by atoms with E-state index in [1.165, 1.54) is 16.1 Å². The van der Waals surface area contributed by atoms with Crippen LogP contribution in [0.3, 0.4) is 0 Å². The maximum absolute atomic E-state index is 12.7. The molecule has 1 aliphatic heterocycles. The summed E-state index contributed by atoms with van der Waals surface area (Å²) in [5, 5.41) is 0. The van der Waals surface area contributed by atoms with Gasteiger partial charge in [0.25, 0.3) is 0 Å². The smallest absolute Gasteiger partial charge is 0.243 e. The molecule has 0 saturated heterocycles. The van der Waals surface area contributed by atoms with Crippen molar-refractivity contribution in [3.8, 4) is 0 Å². The molecular weight excluding hydrogens is 342 g/mol. The lowest BCUT2D eigenvalue weighted by molar-refractivity contribution is 0.102. The van der Waals surface area contributed by atoms with Crippen molar-refractivity contribution >= 4 is 27.6 Å². The van der Waals surface area contributed by atoms with E-state index in [0.29, 0.717) is 11.1 Å². The lowest BCUT2D eigenvalue weighted by Gasteiger charge is -2.16. The van der Waals surface area contributed by atoms with Gasteiger partial charge in [0.2, 0.25) is 10.0 Å². The van der Waals surface area contributed by atoms with Crippen molar-refractivity contribution < 1.29 is 13.2 Å². The molecule has 124 valence electrons. The van der Waals surface area contributed by atoms with Crippen LogP contribution < -0.4 is 0 Å². The first kappa shape index (κ1) is 17.0. The number of sulfonamides is 1. The average molecular weight is 359 g/mol. The number of ketones is 1. The molecule has 0 atom stereocenters. The normalized spacial score (nSPS) is 15.3. The first-order chi connectivity index (χ1) is 11.5. The van der Waals surface area contributed by atoms with Crippen molar-refractivity contribution in [1.29, 1.82) is 0 Å². The maximum atomic E-state index is 12.7. The van der Waals surface area contributed by atoms with Gasteiger partial charge >= 0.3 is 0 Å². The lowest BCUT2D eigenvalue weighted by atomic mass is 10.0. The van der Waals surface area contributed by atoms with Gasteiger partial charge in [0.15, 0.2) is 5.78 Å². The number of Topliss-reactive ketones (excluding diaryl/α,β-unsaturated/α-hetero) is 1. The number of rotatable bonds is 5. The van der Waals surface area contributed by atoms with Crippen LogP contribution in [-0.2, 0) is 10.0 Å². The fraction of sp³-hybridized carbons (Fsp3) is 0.167. The SMILES string of the molecule is CSc1ccccc1C(=O)C1=CCN(S(=O)(=O)c2ccccc2)C1. The minimum atomic E-state index is -3.58. The summed E-state index contributed by atoms with van der Waals surface area (Å²) in [5.41, 5.74) is 1.14. The predicted octanol–water partition coefficient (Wildman–Crippen LogP) is 3.22. The molecule has 0 saturated carbocycles. The van der Waals surface area contributed by atoms with Crippen LogP contribution in [0.4, 0.5) is 0 Å². The van der Waals surface area contributed by atoms with E-state index in [2.05, 4.69) is 0 Å². The quantitative estimate of drug-likeness (QED) is 0.608. The third-order valence-electron chi connectivity index (χ3n) is 3.91. The molecule has 0 aliphatic carbocycles. The number of hydrogen-bond acceptors (Lipinski definition) is 4. The summed E-state index contributed by atoms with van der Waals surface area (Å²) in [7, 11) is -3.58. The van der Waals surface area contributed by atoms with Crippen LogP contribution in [0.5, 0.6) is 0 Å². The lowest BCUT2D eigenvalue weighted by Crippen LogP contribution is -2.30. The molecule has 24 heavy (non-hydrogen) atoms. The molecule has 0 spiro atoms. The third kappa shape index (κ3) is 3.17. The highest BCUT2D eigenvalue weighted by molar-refractivity contribution is 7.98. The Morgan fingerprint density at radius 3 is 2.42 bits per heavy atom. The van der Waals surface area contributed by atoms with Gasteiger partial charge in [-0.25, -0.2) is 8.42 Å². The van der Waals surface area contributed by atoms with E-state index in [-0.39, 0.29) is 23.8 Å². The van der Waals surface area contributed by atoms with E-state index in [9.17, 15) is 13.2 Å². The molecule has 3 rings (SSSR count). The molecule has 1 heterocycles. The fourth-order valence-corrected chi connectivity index (χ4v) is 4.60. The fourth-order valence-electron chi connectivity index (χ4n) is 2.63. The number of carbonyl (C=O) groups excluding carboxylic acids is 1. The summed E-state index contributed by atoms with van der Waals surface area (Å²) in [5.74, 6) is -0.106. The average Bonchev–Trinajstić information content (AvgIpc) is 3.13. The van der Waals surface area contributed by atoms with Gasteiger partial charge in [-0.2, -0.15) is 4.31 Å². The molecule has 0 radical (unpaired) electrons. The van der Waals surface area contributed by atoms with Crippen molar-refractivity contribution in [3.05, 3.63) is 71.8 Å². The highest BCUT2D eigenvalue weighted by atomic mass is 32.2. The van der Waals surface area contributed by atoms with Crippen molar-refractivity contribution in [1.82, 2.24) is 4.31 Å². The van der Waals surface area contributed by atoms with E-state index in [4.69, 9.17) is 0 Å². The highest BCUT2D eigenvalue weighted by Gasteiger charge is 2.30. The highest BCUT2D eigenvalue weighted by Crippen LogP contribution is 2.26. The van der Waals surface area contributed by atoms with E-state index in [0.717, 1.165) is 4.90 Å². The third-order valence-corrected chi connectivity index (χ3v) is 6.53. The molecule has 2 aromatic rings. The summed E-state index contributed by atoms with van der Waals surface area (Å²) in [6, 6.07) is 15.7. The van der Waals surface area contributed by atoms with Crippen LogP contribution >= 0.6 is 11.8 Å². The monoisotopic (exact) mass is 359 g/mol. The van der Waals surface area contributed by atoms with Gasteiger partial charge in [0.1, 0.15) is 0 Å². The molecule has 1 aliphatic rings. The van der Waals surface area contributed by atoms with Crippen LogP contribution in [0.15, 0.2) is 76.0 Å². The Morgan fingerprint density at radius 2 is 1.71 bits per heavy atom. The largest absolute Gasteiger partial charge is 0.289 e. The molecule has 0 unspecified atom stereocenters. The Labute approximate surface area is 146 Å². The zero-order valence-corrected chi connectivity index (χ0v) is 14.8. The van der Waals surface area contributed by atoms with Crippen molar-refractivity contribution in [2.45, 2.75) is 9.79 Å². The maximum Gasteiger partial charge on any atom is 0.243 e. The second-order valence-electron chi connectivity index (χ2n) is 5.37. The van der Waals surface area contributed by atoms with Crippen molar-refractivity contribution in [2.75, 3.05) is 19.3 Å². The standard InChI is InChI=1S/C18H17NO3S2/c1-23-17-10-6-5-9-16(17)18(20)14-11-12-19(13-14)24(21,22)15-7-3-2-4-8-15/h2-11H,12-13H2,1H3. The first-order valence-corrected chi connectivity index (χ1v) is 10.1. The molecular formula is C18H17NO3S2. The molecule has 0 N–H and O–H groups in total. The van der Waals surface area contributed by atoms with Gasteiger partial charge in [-0.15, -0.1) is 11.8 Å². The van der Waals surface area contributed by atoms with Crippen LogP contribution in [0, 0.1) is 0 Å². The molecule has 2 aromatic carbocycles. The summed E-state index contributed by atoms with van der Waals surface area (Å²) < 4.78 is 26.6. The number of thioether (sulfide) groups is 1. The van der Waals surface area contributed by atoms with E-state index >= 15 is 0 Å². The Kier molecular flexibility index (Phi) is 4.89. The van der Waals surface area contributed by atoms with Crippen LogP contribution in [0.25, 0.3) is 0 Å². The Hall–Kier alpha value is -1.89. The Balaban J connectivity index is 1.81. The number of hydrogen-bond donors (Lipinski definition) is 0. The van der Waals surface area contributed by atoms with E-state index in [1.54, 1.807) is 42.5 Å².